The molecular formula is C14H26N2O2S. The second-order valence-corrected chi connectivity index (χ2v) is 7.03. The SMILES string of the molecule is CC(C)CC1COCCN1C(=O)CC1CSCCN1. The summed E-state index contributed by atoms with van der Waals surface area (Å²) in [5.41, 5.74) is 0. The molecule has 4 nitrogen and oxygen atoms in total. The van der Waals surface area contributed by atoms with Crippen molar-refractivity contribution in [2.24, 2.45) is 5.92 Å². The molecule has 2 fully saturated rings. The van der Waals surface area contributed by atoms with Crippen molar-refractivity contribution >= 4 is 17.7 Å². The number of hydrogen-bond donors (Lipinski definition) is 1. The summed E-state index contributed by atoms with van der Waals surface area (Å²) < 4.78 is 5.54. The van der Waals surface area contributed by atoms with Crippen molar-refractivity contribution in [1.82, 2.24) is 10.2 Å². The Kier molecular flexibility index (Phi) is 5.98. The van der Waals surface area contributed by atoms with Crippen molar-refractivity contribution < 1.29 is 9.53 Å². The van der Waals surface area contributed by atoms with Crippen LogP contribution in [0.15, 0.2) is 0 Å². The fourth-order valence-electron chi connectivity index (χ4n) is 2.80. The number of amides is 1. The average Bonchev–Trinajstić information content (AvgIpc) is 2.39. The monoisotopic (exact) mass is 286 g/mol. The molecule has 2 heterocycles. The molecule has 0 aromatic carbocycles. The highest BCUT2D eigenvalue weighted by Crippen LogP contribution is 2.18. The van der Waals surface area contributed by atoms with E-state index in [2.05, 4.69) is 24.1 Å². The van der Waals surface area contributed by atoms with Gasteiger partial charge in [-0.1, -0.05) is 13.8 Å². The summed E-state index contributed by atoms with van der Waals surface area (Å²) in [7, 11) is 0. The largest absolute Gasteiger partial charge is 0.377 e. The lowest BCUT2D eigenvalue weighted by Gasteiger charge is -2.37. The maximum absolute atomic E-state index is 12.5. The van der Waals surface area contributed by atoms with E-state index < -0.39 is 0 Å². The summed E-state index contributed by atoms with van der Waals surface area (Å²) in [6.07, 6.45) is 1.68. The van der Waals surface area contributed by atoms with E-state index in [1.807, 2.05) is 11.8 Å². The second-order valence-electron chi connectivity index (χ2n) is 5.88. The van der Waals surface area contributed by atoms with Gasteiger partial charge in [0, 0.05) is 37.1 Å². The third kappa shape index (κ3) is 4.65. The first-order chi connectivity index (χ1) is 9.16. The third-order valence-electron chi connectivity index (χ3n) is 3.71. The molecule has 1 amide bonds. The Morgan fingerprint density at radius 3 is 3.05 bits per heavy atom. The van der Waals surface area contributed by atoms with E-state index in [0.717, 1.165) is 31.0 Å². The molecule has 0 aliphatic carbocycles. The second kappa shape index (κ2) is 7.50. The number of nitrogens with zero attached hydrogens (tertiary/aromatic N) is 1. The first-order valence-electron chi connectivity index (χ1n) is 7.35. The smallest absolute Gasteiger partial charge is 0.224 e. The zero-order valence-corrected chi connectivity index (χ0v) is 12.9. The van der Waals surface area contributed by atoms with E-state index in [4.69, 9.17) is 4.74 Å². The first kappa shape index (κ1) is 15.1. The number of carbonyl (C=O) groups is 1. The normalized spacial score (nSPS) is 28.7. The van der Waals surface area contributed by atoms with Crippen molar-refractivity contribution in [3.63, 3.8) is 0 Å². The lowest BCUT2D eigenvalue weighted by Crippen LogP contribution is -2.51. The van der Waals surface area contributed by atoms with E-state index in [1.165, 1.54) is 0 Å². The van der Waals surface area contributed by atoms with Gasteiger partial charge < -0.3 is 15.0 Å². The van der Waals surface area contributed by atoms with Crippen LogP contribution in [-0.2, 0) is 9.53 Å². The van der Waals surface area contributed by atoms with Crippen molar-refractivity contribution in [1.29, 1.82) is 0 Å². The summed E-state index contributed by atoms with van der Waals surface area (Å²) >= 11 is 1.95. The maximum Gasteiger partial charge on any atom is 0.224 e. The van der Waals surface area contributed by atoms with Gasteiger partial charge in [0.2, 0.25) is 5.91 Å². The minimum atomic E-state index is 0.275. The molecule has 2 aliphatic rings. The molecule has 5 heteroatoms. The molecule has 2 saturated heterocycles. The Balaban J connectivity index is 1.87. The van der Waals surface area contributed by atoms with Crippen LogP contribution in [0, 0.1) is 5.92 Å². The van der Waals surface area contributed by atoms with Crippen LogP contribution in [-0.4, -0.2) is 60.7 Å². The van der Waals surface area contributed by atoms with Crippen LogP contribution < -0.4 is 5.32 Å². The van der Waals surface area contributed by atoms with Gasteiger partial charge >= 0.3 is 0 Å². The predicted octanol–water partition coefficient (Wildman–Crippen LogP) is 1.35. The zero-order chi connectivity index (χ0) is 13.7. The van der Waals surface area contributed by atoms with Gasteiger partial charge in [0.15, 0.2) is 0 Å². The molecule has 110 valence electrons. The Morgan fingerprint density at radius 1 is 1.53 bits per heavy atom. The summed E-state index contributed by atoms with van der Waals surface area (Å²) in [4.78, 5) is 14.5. The van der Waals surface area contributed by atoms with Crippen LogP contribution in [0.3, 0.4) is 0 Å². The lowest BCUT2D eigenvalue weighted by molar-refractivity contribution is -0.140. The molecule has 0 radical (unpaired) electrons. The van der Waals surface area contributed by atoms with Crippen molar-refractivity contribution in [3.8, 4) is 0 Å². The molecule has 2 unspecified atom stereocenters. The third-order valence-corrected chi connectivity index (χ3v) is 4.84. The summed E-state index contributed by atoms with van der Waals surface area (Å²) in [5.74, 6) is 3.13. The van der Waals surface area contributed by atoms with Crippen LogP contribution in [0.1, 0.15) is 26.7 Å². The average molecular weight is 286 g/mol. The van der Waals surface area contributed by atoms with E-state index in [9.17, 15) is 4.79 Å². The van der Waals surface area contributed by atoms with Gasteiger partial charge in [0.25, 0.3) is 0 Å². The molecular weight excluding hydrogens is 260 g/mol. The first-order valence-corrected chi connectivity index (χ1v) is 8.50. The fraction of sp³-hybridized carbons (Fsp3) is 0.929. The highest BCUT2D eigenvalue weighted by atomic mass is 32.2. The minimum absolute atomic E-state index is 0.275. The molecule has 0 aromatic rings. The Hall–Kier alpha value is -0.260. The van der Waals surface area contributed by atoms with Gasteiger partial charge in [-0.3, -0.25) is 4.79 Å². The molecule has 0 saturated carbocycles. The van der Waals surface area contributed by atoms with Crippen LogP contribution >= 0.6 is 11.8 Å². The molecule has 0 spiro atoms. The number of morpholine rings is 1. The molecule has 2 rings (SSSR count). The molecule has 1 N–H and O–H groups in total. The van der Waals surface area contributed by atoms with Gasteiger partial charge in [-0.05, 0) is 12.3 Å². The van der Waals surface area contributed by atoms with E-state index in [-0.39, 0.29) is 6.04 Å². The number of thioether (sulfide) groups is 1. The maximum atomic E-state index is 12.5. The predicted molar refractivity (Wildman–Crippen MR) is 79.5 cm³/mol. The van der Waals surface area contributed by atoms with Gasteiger partial charge in [-0.25, -0.2) is 0 Å². The number of hydrogen-bond acceptors (Lipinski definition) is 4. The van der Waals surface area contributed by atoms with Gasteiger partial charge in [-0.2, -0.15) is 11.8 Å². The van der Waals surface area contributed by atoms with Crippen LogP contribution in [0.5, 0.6) is 0 Å². The number of rotatable bonds is 4. The van der Waals surface area contributed by atoms with E-state index in [1.54, 1.807) is 0 Å². The zero-order valence-electron chi connectivity index (χ0n) is 12.1. The van der Waals surface area contributed by atoms with Crippen molar-refractivity contribution in [2.45, 2.75) is 38.8 Å². The van der Waals surface area contributed by atoms with Crippen LogP contribution in [0.4, 0.5) is 0 Å². The Morgan fingerprint density at radius 2 is 2.37 bits per heavy atom. The Bertz CT molecular complexity index is 293. The summed E-state index contributed by atoms with van der Waals surface area (Å²) in [6, 6.07) is 0.631. The molecule has 2 aliphatic heterocycles. The number of ether oxygens (including phenoxy) is 1. The molecule has 2 atom stereocenters. The summed E-state index contributed by atoms with van der Waals surface area (Å²) in [6.45, 7) is 7.59. The highest BCUT2D eigenvalue weighted by Gasteiger charge is 2.29. The van der Waals surface area contributed by atoms with Gasteiger partial charge in [0.05, 0.1) is 19.3 Å². The van der Waals surface area contributed by atoms with Gasteiger partial charge in [-0.15, -0.1) is 0 Å². The van der Waals surface area contributed by atoms with Crippen LogP contribution in [0.2, 0.25) is 0 Å². The summed E-state index contributed by atoms with van der Waals surface area (Å²) in [5, 5.41) is 3.45. The fourth-order valence-corrected chi connectivity index (χ4v) is 3.75. The molecule has 0 aromatic heterocycles. The van der Waals surface area contributed by atoms with Crippen molar-refractivity contribution in [2.75, 3.05) is 37.8 Å². The molecule has 19 heavy (non-hydrogen) atoms. The molecule has 0 bridgehead atoms. The number of nitrogens with one attached hydrogen (secondary N) is 1. The van der Waals surface area contributed by atoms with Crippen LogP contribution in [0.25, 0.3) is 0 Å². The number of carbonyl (C=O) groups excluding carboxylic acids is 1. The standard InChI is InChI=1S/C14H26N2O2S/c1-11(2)7-13-9-18-5-4-16(13)14(17)8-12-10-19-6-3-15-12/h11-13,15H,3-10H2,1-2H3. The van der Waals surface area contributed by atoms with E-state index in [0.29, 0.717) is 37.5 Å². The van der Waals surface area contributed by atoms with Gasteiger partial charge in [0.1, 0.15) is 0 Å². The lowest BCUT2D eigenvalue weighted by atomic mass is 10.0. The van der Waals surface area contributed by atoms with E-state index >= 15 is 0 Å². The quantitative estimate of drug-likeness (QED) is 0.847. The Labute approximate surface area is 120 Å². The topological polar surface area (TPSA) is 41.6 Å². The van der Waals surface area contributed by atoms with Crippen molar-refractivity contribution in [3.05, 3.63) is 0 Å². The minimum Gasteiger partial charge on any atom is -0.377 e. The highest BCUT2D eigenvalue weighted by molar-refractivity contribution is 7.99.